The van der Waals surface area contributed by atoms with Crippen LogP contribution in [0.15, 0.2) is 52.3 Å². The van der Waals surface area contributed by atoms with Gasteiger partial charge in [0.2, 0.25) is 20.0 Å². The molecule has 0 saturated carbocycles. The molecule has 4 rings (SSSR count). The van der Waals surface area contributed by atoms with E-state index in [0.29, 0.717) is 26.3 Å². The van der Waals surface area contributed by atoms with E-state index in [2.05, 4.69) is 5.32 Å². The normalized spacial score (nSPS) is 17.6. The summed E-state index contributed by atoms with van der Waals surface area (Å²) in [5, 5.41) is 2.48. The predicted octanol–water partition coefficient (Wildman–Crippen LogP) is 2.33. The molecule has 2 fully saturated rings. The molecule has 14 heteroatoms. The van der Waals surface area contributed by atoms with Crippen LogP contribution in [0.5, 0.6) is 0 Å². The second-order valence-electron chi connectivity index (χ2n) is 8.77. The van der Waals surface area contributed by atoms with Crippen molar-refractivity contribution < 1.29 is 35.9 Å². The van der Waals surface area contributed by atoms with E-state index in [-0.39, 0.29) is 39.2 Å². The average Bonchev–Trinajstić information content (AvgIpc) is 2.93. The van der Waals surface area contributed by atoms with E-state index in [9.17, 15) is 26.4 Å². The van der Waals surface area contributed by atoms with Crippen molar-refractivity contribution in [3.63, 3.8) is 0 Å². The Morgan fingerprint density at radius 1 is 0.868 bits per heavy atom. The Morgan fingerprint density at radius 3 is 2.18 bits per heavy atom. The Bertz CT molecular complexity index is 1400. The zero-order valence-electron chi connectivity index (χ0n) is 20.5. The van der Waals surface area contributed by atoms with Crippen LogP contribution in [0.3, 0.4) is 0 Å². The maximum absolute atomic E-state index is 13.0. The number of amides is 1. The molecule has 2 saturated heterocycles. The van der Waals surface area contributed by atoms with Crippen LogP contribution in [0.2, 0.25) is 5.02 Å². The number of ether oxygens (including phenoxy) is 2. The van der Waals surface area contributed by atoms with Gasteiger partial charge in [-0.3, -0.25) is 4.79 Å². The van der Waals surface area contributed by atoms with Crippen molar-refractivity contribution in [1.29, 1.82) is 0 Å². The van der Waals surface area contributed by atoms with Crippen molar-refractivity contribution in [2.24, 2.45) is 0 Å². The Morgan fingerprint density at radius 2 is 1.50 bits per heavy atom. The number of esters is 1. The summed E-state index contributed by atoms with van der Waals surface area (Å²) in [6.45, 7) is 1.19. The topological polar surface area (TPSA) is 139 Å². The number of anilines is 1. The van der Waals surface area contributed by atoms with E-state index in [0.717, 1.165) is 25.3 Å². The molecule has 0 aromatic heterocycles. The zero-order chi connectivity index (χ0) is 27.3. The molecule has 11 nitrogen and oxygen atoms in total. The first-order valence-electron chi connectivity index (χ1n) is 12.0. The number of hydrogen-bond acceptors (Lipinski definition) is 8. The monoisotopic (exact) mass is 585 g/mol. The lowest BCUT2D eigenvalue weighted by atomic mass is 10.2. The molecule has 2 aromatic carbocycles. The van der Waals surface area contributed by atoms with Gasteiger partial charge in [-0.2, -0.15) is 8.61 Å². The molecule has 2 aromatic rings. The molecule has 0 bridgehead atoms. The molecule has 0 radical (unpaired) electrons. The first-order valence-corrected chi connectivity index (χ1v) is 15.3. The zero-order valence-corrected chi connectivity index (χ0v) is 22.9. The third kappa shape index (κ3) is 6.53. The number of rotatable bonds is 8. The highest BCUT2D eigenvalue weighted by atomic mass is 35.5. The molecule has 2 heterocycles. The summed E-state index contributed by atoms with van der Waals surface area (Å²) in [7, 11) is -7.57. The van der Waals surface area contributed by atoms with Crippen LogP contribution in [-0.4, -0.2) is 83.3 Å². The van der Waals surface area contributed by atoms with Crippen LogP contribution in [0.1, 0.15) is 29.6 Å². The highest BCUT2D eigenvalue weighted by Gasteiger charge is 2.28. The third-order valence-electron chi connectivity index (χ3n) is 6.17. The number of carbonyl (C=O) groups is 2. The van der Waals surface area contributed by atoms with Crippen molar-refractivity contribution in [1.82, 2.24) is 8.61 Å². The molecule has 1 N–H and O–H groups in total. The van der Waals surface area contributed by atoms with Gasteiger partial charge >= 0.3 is 5.97 Å². The van der Waals surface area contributed by atoms with Gasteiger partial charge in [0, 0.05) is 31.9 Å². The van der Waals surface area contributed by atoms with Crippen molar-refractivity contribution >= 4 is 49.2 Å². The van der Waals surface area contributed by atoms with Gasteiger partial charge < -0.3 is 14.8 Å². The number of nitrogens with one attached hydrogen (secondary N) is 1. The van der Waals surface area contributed by atoms with Gasteiger partial charge in [0.25, 0.3) is 5.91 Å². The molecule has 0 aliphatic carbocycles. The van der Waals surface area contributed by atoms with E-state index in [1.54, 1.807) is 0 Å². The fourth-order valence-corrected chi connectivity index (χ4v) is 7.34. The standard InChI is InChI=1S/C24H28ClN3O8S2/c25-22-8-7-20(38(33,34)27-9-2-1-3-10-27)16-21(22)24(30)36-17-23(29)26-18-5-4-6-19(15-18)37(31,32)28-11-13-35-14-12-28/h4-8,15-16H,1-3,9-14,17H2,(H,26,29). The third-order valence-corrected chi connectivity index (χ3v) is 10.3. The summed E-state index contributed by atoms with van der Waals surface area (Å²) in [5.41, 5.74) is 0.0178. The molecule has 38 heavy (non-hydrogen) atoms. The van der Waals surface area contributed by atoms with E-state index >= 15 is 0 Å². The maximum Gasteiger partial charge on any atom is 0.340 e. The first-order chi connectivity index (χ1) is 18.1. The number of hydrogen-bond donors (Lipinski definition) is 1. The van der Waals surface area contributed by atoms with Gasteiger partial charge in [0.05, 0.1) is 33.6 Å². The fourth-order valence-electron chi connectivity index (χ4n) is 4.15. The van der Waals surface area contributed by atoms with E-state index in [1.165, 1.54) is 45.0 Å². The van der Waals surface area contributed by atoms with Gasteiger partial charge in [-0.15, -0.1) is 0 Å². The average molecular weight is 586 g/mol. The predicted molar refractivity (Wildman–Crippen MR) is 139 cm³/mol. The van der Waals surface area contributed by atoms with Crippen LogP contribution in [-0.2, 0) is 34.3 Å². The summed E-state index contributed by atoms with van der Waals surface area (Å²) in [6.07, 6.45) is 2.48. The van der Waals surface area contributed by atoms with Gasteiger partial charge in [-0.05, 0) is 49.2 Å². The Labute approximate surface area is 226 Å². The van der Waals surface area contributed by atoms with Crippen molar-refractivity contribution in [2.45, 2.75) is 29.1 Å². The Hall–Kier alpha value is -2.55. The summed E-state index contributed by atoms with van der Waals surface area (Å²) in [6, 6.07) is 9.51. The van der Waals surface area contributed by atoms with Crippen LogP contribution in [0.4, 0.5) is 5.69 Å². The van der Waals surface area contributed by atoms with E-state index in [4.69, 9.17) is 21.1 Å². The van der Waals surface area contributed by atoms with Crippen LogP contribution >= 0.6 is 11.6 Å². The van der Waals surface area contributed by atoms with Gasteiger partial charge in [0.15, 0.2) is 6.61 Å². The van der Waals surface area contributed by atoms with Crippen LogP contribution in [0.25, 0.3) is 0 Å². The number of halogens is 1. The minimum absolute atomic E-state index is 0.00714. The molecule has 2 aliphatic heterocycles. The Kier molecular flexibility index (Phi) is 9.06. The highest BCUT2D eigenvalue weighted by Crippen LogP contribution is 2.26. The lowest BCUT2D eigenvalue weighted by Gasteiger charge is -2.26. The molecule has 2 aliphatic rings. The van der Waals surface area contributed by atoms with Crippen molar-refractivity contribution in [3.05, 3.63) is 53.1 Å². The van der Waals surface area contributed by atoms with E-state index < -0.39 is 38.5 Å². The number of carbonyl (C=O) groups excluding carboxylic acids is 2. The van der Waals surface area contributed by atoms with Gasteiger partial charge in [-0.25, -0.2) is 21.6 Å². The lowest BCUT2D eigenvalue weighted by Crippen LogP contribution is -2.40. The first kappa shape index (κ1) is 28.5. The molecule has 1 amide bonds. The highest BCUT2D eigenvalue weighted by molar-refractivity contribution is 7.89. The molecular weight excluding hydrogens is 558 g/mol. The molecule has 0 unspecified atom stereocenters. The summed E-state index contributed by atoms with van der Waals surface area (Å²) in [4.78, 5) is 25.0. The minimum Gasteiger partial charge on any atom is -0.452 e. The molecular formula is C24H28ClN3O8S2. The number of nitrogens with zero attached hydrogens (tertiary/aromatic N) is 2. The molecule has 0 spiro atoms. The SMILES string of the molecule is O=C(COC(=O)c1cc(S(=O)(=O)N2CCCCC2)ccc1Cl)Nc1cccc(S(=O)(=O)N2CCOCC2)c1. The summed E-state index contributed by atoms with van der Waals surface area (Å²) < 4.78 is 64.6. The quantitative estimate of drug-likeness (QED) is 0.466. The maximum atomic E-state index is 13.0. The summed E-state index contributed by atoms with van der Waals surface area (Å²) >= 11 is 6.12. The van der Waals surface area contributed by atoms with Crippen molar-refractivity contribution in [3.8, 4) is 0 Å². The molecule has 206 valence electrons. The van der Waals surface area contributed by atoms with Crippen LogP contribution < -0.4 is 5.32 Å². The van der Waals surface area contributed by atoms with Crippen molar-refractivity contribution in [2.75, 3.05) is 51.3 Å². The smallest absolute Gasteiger partial charge is 0.340 e. The fraction of sp³-hybridized carbons (Fsp3) is 0.417. The van der Waals surface area contributed by atoms with Crippen LogP contribution in [0, 0.1) is 0 Å². The number of morpholine rings is 1. The lowest BCUT2D eigenvalue weighted by molar-refractivity contribution is -0.119. The van der Waals surface area contributed by atoms with Gasteiger partial charge in [0.1, 0.15) is 0 Å². The van der Waals surface area contributed by atoms with Gasteiger partial charge in [-0.1, -0.05) is 24.1 Å². The minimum atomic E-state index is -3.80. The summed E-state index contributed by atoms with van der Waals surface area (Å²) in [5.74, 6) is -1.68. The number of piperidine rings is 1. The number of sulfonamides is 2. The molecule has 0 atom stereocenters. The number of benzene rings is 2. The largest absolute Gasteiger partial charge is 0.452 e. The second kappa shape index (κ2) is 12.1. The van der Waals surface area contributed by atoms with E-state index in [1.807, 2.05) is 0 Å². The Balaban J connectivity index is 1.39. The second-order valence-corrected chi connectivity index (χ2v) is 13.1.